The van der Waals surface area contributed by atoms with Crippen LogP contribution in [0.2, 0.25) is 0 Å². The molecule has 2 amide bonds. The highest BCUT2D eigenvalue weighted by Gasteiger charge is 2.18. The summed E-state index contributed by atoms with van der Waals surface area (Å²) in [7, 11) is 1.28. The molecule has 164 valence electrons. The Morgan fingerprint density at radius 2 is 1.56 bits per heavy atom. The third-order valence-corrected chi connectivity index (χ3v) is 5.60. The van der Waals surface area contributed by atoms with Crippen LogP contribution in [0.25, 0.3) is 0 Å². The van der Waals surface area contributed by atoms with Crippen LogP contribution < -0.4 is 10.6 Å². The summed E-state index contributed by atoms with van der Waals surface area (Å²) in [5.74, 6) is -1.54. The number of carbonyl (C=O) groups excluding carboxylic acids is 3. The molecule has 0 aliphatic heterocycles. The van der Waals surface area contributed by atoms with E-state index >= 15 is 0 Å². The Morgan fingerprint density at radius 1 is 0.906 bits per heavy atom. The number of carbonyl (C=O) groups is 3. The molecule has 0 saturated heterocycles. The van der Waals surface area contributed by atoms with Gasteiger partial charge >= 0.3 is 5.97 Å². The van der Waals surface area contributed by atoms with E-state index in [-0.39, 0.29) is 17.4 Å². The van der Waals surface area contributed by atoms with Crippen molar-refractivity contribution in [2.24, 2.45) is 0 Å². The van der Waals surface area contributed by atoms with Crippen LogP contribution in [0, 0.1) is 5.82 Å². The van der Waals surface area contributed by atoms with Gasteiger partial charge in [0.05, 0.1) is 23.6 Å². The maximum atomic E-state index is 13.0. The third kappa shape index (κ3) is 5.95. The van der Waals surface area contributed by atoms with Crippen LogP contribution in [0.4, 0.5) is 15.8 Å². The lowest BCUT2D eigenvalue weighted by molar-refractivity contribution is -0.115. The van der Waals surface area contributed by atoms with Gasteiger partial charge < -0.3 is 15.4 Å². The number of methoxy groups -OCH3 is 1. The highest BCUT2D eigenvalue weighted by molar-refractivity contribution is 8.00. The minimum absolute atomic E-state index is 0.264. The van der Waals surface area contributed by atoms with E-state index in [0.717, 1.165) is 4.90 Å². The average Bonchev–Trinajstić information content (AvgIpc) is 2.80. The first kappa shape index (κ1) is 23.0. The molecule has 0 aliphatic rings. The van der Waals surface area contributed by atoms with Gasteiger partial charge in [0.15, 0.2) is 0 Å². The van der Waals surface area contributed by atoms with Crippen molar-refractivity contribution in [1.29, 1.82) is 0 Å². The molecule has 0 fully saturated rings. The van der Waals surface area contributed by atoms with Crippen molar-refractivity contribution in [3.63, 3.8) is 0 Å². The molecular formula is C24H21FN2O4S. The lowest BCUT2D eigenvalue weighted by Crippen LogP contribution is -2.23. The Bertz CT molecular complexity index is 1120. The van der Waals surface area contributed by atoms with E-state index in [4.69, 9.17) is 4.74 Å². The van der Waals surface area contributed by atoms with E-state index in [1.807, 2.05) is 0 Å². The molecule has 0 heterocycles. The van der Waals surface area contributed by atoms with Gasteiger partial charge in [-0.25, -0.2) is 9.18 Å². The number of ether oxygens (including phenoxy) is 1. The Labute approximate surface area is 189 Å². The number of esters is 1. The van der Waals surface area contributed by atoms with Crippen molar-refractivity contribution in [1.82, 2.24) is 0 Å². The molecule has 6 nitrogen and oxygen atoms in total. The van der Waals surface area contributed by atoms with Crippen molar-refractivity contribution < 1.29 is 23.5 Å². The Morgan fingerprint density at radius 3 is 2.22 bits per heavy atom. The monoisotopic (exact) mass is 452 g/mol. The fraction of sp³-hybridized carbons (Fsp3) is 0.125. The van der Waals surface area contributed by atoms with Gasteiger partial charge in [-0.15, -0.1) is 11.8 Å². The topological polar surface area (TPSA) is 84.5 Å². The molecule has 0 bridgehead atoms. The number of anilines is 2. The summed E-state index contributed by atoms with van der Waals surface area (Å²) in [6.45, 7) is 1.75. The van der Waals surface area contributed by atoms with E-state index in [9.17, 15) is 18.8 Å². The number of para-hydroxylation sites is 1. The number of hydrogen-bond donors (Lipinski definition) is 2. The van der Waals surface area contributed by atoms with E-state index in [1.54, 1.807) is 55.5 Å². The summed E-state index contributed by atoms with van der Waals surface area (Å²) in [6.07, 6.45) is 0. The van der Waals surface area contributed by atoms with E-state index < -0.39 is 17.0 Å². The Kier molecular flexibility index (Phi) is 7.62. The van der Waals surface area contributed by atoms with Crippen LogP contribution in [-0.2, 0) is 9.53 Å². The molecule has 2 N–H and O–H groups in total. The third-order valence-electron chi connectivity index (χ3n) is 4.49. The predicted molar refractivity (Wildman–Crippen MR) is 123 cm³/mol. The molecule has 1 atom stereocenters. The van der Waals surface area contributed by atoms with Crippen LogP contribution in [0.3, 0.4) is 0 Å². The van der Waals surface area contributed by atoms with Crippen molar-refractivity contribution in [2.75, 3.05) is 17.7 Å². The largest absolute Gasteiger partial charge is 0.465 e. The van der Waals surface area contributed by atoms with E-state index in [2.05, 4.69) is 10.6 Å². The highest BCUT2D eigenvalue weighted by Crippen LogP contribution is 2.26. The van der Waals surface area contributed by atoms with Crippen molar-refractivity contribution in [3.8, 4) is 0 Å². The van der Waals surface area contributed by atoms with Gasteiger partial charge in [-0.2, -0.15) is 0 Å². The lowest BCUT2D eigenvalue weighted by atomic mass is 10.2. The summed E-state index contributed by atoms with van der Waals surface area (Å²) in [5, 5.41) is 5.06. The van der Waals surface area contributed by atoms with E-state index in [1.165, 1.54) is 43.1 Å². The minimum Gasteiger partial charge on any atom is -0.465 e. The molecule has 0 radical (unpaired) electrons. The van der Waals surface area contributed by atoms with Gasteiger partial charge in [0.25, 0.3) is 5.91 Å². The van der Waals surface area contributed by atoms with Crippen LogP contribution in [-0.4, -0.2) is 30.1 Å². The van der Waals surface area contributed by atoms with Gasteiger partial charge in [0.2, 0.25) is 5.91 Å². The van der Waals surface area contributed by atoms with Crippen LogP contribution in [0.15, 0.2) is 77.7 Å². The van der Waals surface area contributed by atoms with Crippen molar-refractivity contribution in [3.05, 3.63) is 89.7 Å². The molecule has 3 aromatic rings. The molecule has 3 aromatic carbocycles. The molecule has 0 aromatic heterocycles. The number of halogens is 1. The normalized spacial score (nSPS) is 11.3. The van der Waals surface area contributed by atoms with Crippen LogP contribution in [0.5, 0.6) is 0 Å². The molecule has 32 heavy (non-hydrogen) atoms. The molecule has 1 unspecified atom stereocenters. The predicted octanol–water partition coefficient (Wildman–Crippen LogP) is 4.98. The number of amides is 2. The molecule has 8 heteroatoms. The summed E-state index contributed by atoms with van der Waals surface area (Å²) in [4.78, 5) is 37.5. The number of thioether (sulfide) groups is 1. The number of nitrogens with one attached hydrogen (secondary N) is 2. The number of rotatable bonds is 7. The first-order valence-corrected chi connectivity index (χ1v) is 10.6. The van der Waals surface area contributed by atoms with Gasteiger partial charge in [0, 0.05) is 16.1 Å². The van der Waals surface area contributed by atoms with Crippen LogP contribution in [0.1, 0.15) is 27.6 Å². The zero-order valence-electron chi connectivity index (χ0n) is 17.4. The van der Waals surface area contributed by atoms with Gasteiger partial charge in [0.1, 0.15) is 5.82 Å². The molecule has 0 spiro atoms. The maximum absolute atomic E-state index is 13.0. The Balaban J connectivity index is 1.59. The second-order valence-electron chi connectivity index (χ2n) is 6.77. The van der Waals surface area contributed by atoms with Gasteiger partial charge in [-0.05, 0) is 67.6 Å². The van der Waals surface area contributed by atoms with Gasteiger partial charge in [-0.1, -0.05) is 12.1 Å². The zero-order valence-corrected chi connectivity index (χ0v) is 18.2. The summed E-state index contributed by atoms with van der Waals surface area (Å²) in [6, 6.07) is 18.9. The zero-order chi connectivity index (χ0) is 23.1. The smallest absolute Gasteiger partial charge is 0.339 e. The standard InChI is InChI=1S/C24H21FN2O4S/c1-15(22(28)27-21-6-4-3-5-20(21)24(30)31-2)32-19-13-11-18(12-14-19)26-23(29)16-7-9-17(25)10-8-16/h3-15H,1-2H3,(H,26,29)(H,27,28). The SMILES string of the molecule is COC(=O)c1ccccc1NC(=O)C(C)Sc1ccc(NC(=O)c2ccc(F)cc2)cc1. The van der Waals surface area contributed by atoms with E-state index in [0.29, 0.717) is 16.9 Å². The number of hydrogen-bond acceptors (Lipinski definition) is 5. The maximum Gasteiger partial charge on any atom is 0.339 e. The Hall–Kier alpha value is -3.65. The van der Waals surface area contributed by atoms with Crippen molar-refractivity contribution in [2.45, 2.75) is 17.1 Å². The second-order valence-corrected chi connectivity index (χ2v) is 8.19. The average molecular weight is 453 g/mol. The first-order valence-electron chi connectivity index (χ1n) is 9.69. The molecular weight excluding hydrogens is 431 g/mol. The second kappa shape index (κ2) is 10.6. The van der Waals surface area contributed by atoms with Crippen LogP contribution >= 0.6 is 11.8 Å². The fourth-order valence-electron chi connectivity index (χ4n) is 2.79. The quantitative estimate of drug-likeness (QED) is 0.390. The summed E-state index contributed by atoms with van der Waals surface area (Å²) < 4.78 is 17.7. The molecule has 3 rings (SSSR count). The molecule has 0 aliphatic carbocycles. The lowest BCUT2D eigenvalue weighted by Gasteiger charge is -2.14. The first-order chi connectivity index (χ1) is 15.4. The summed E-state index contributed by atoms with van der Waals surface area (Å²) in [5.41, 5.74) is 1.59. The molecule has 0 saturated carbocycles. The highest BCUT2D eigenvalue weighted by atomic mass is 32.2. The minimum atomic E-state index is -0.528. The fourth-order valence-corrected chi connectivity index (χ4v) is 3.66. The van der Waals surface area contributed by atoms with Gasteiger partial charge in [-0.3, -0.25) is 9.59 Å². The summed E-state index contributed by atoms with van der Waals surface area (Å²) >= 11 is 1.33. The van der Waals surface area contributed by atoms with Crippen molar-refractivity contribution >= 4 is 40.9 Å². The number of benzene rings is 3.